The van der Waals surface area contributed by atoms with E-state index >= 15 is 0 Å². The van der Waals surface area contributed by atoms with E-state index in [0.29, 0.717) is 16.9 Å². The van der Waals surface area contributed by atoms with Crippen LogP contribution in [0.4, 0.5) is 0 Å². The fourth-order valence-corrected chi connectivity index (χ4v) is 12.8. The minimum absolute atomic E-state index is 0.0707. The van der Waals surface area contributed by atoms with Crippen molar-refractivity contribution >= 4 is 29.7 Å². The molecule has 0 aromatic heterocycles. The van der Waals surface area contributed by atoms with E-state index < -0.39 is 41.7 Å². The fourth-order valence-electron chi connectivity index (χ4n) is 11.7. The third-order valence-corrected chi connectivity index (χ3v) is 15.5. The molecule has 8 nitrogen and oxygen atoms in total. The third-order valence-electron chi connectivity index (χ3n) is 14.2. The molecule has 4 fully saturated rings. The number of ether oxygens (including phenoxy) is 5. The van der Waals surface area contributed by atoms with Crippen LogP contribution in [0.1, 0.15) is 152 Å². The molecule has 5 aliphatic rings. The van der Waals surface area contributed by atoms with Crippen molar-refractivity contribution in [2.24, 2.45) is 46.3 Å². The first-order valence-electron chi connectivity index (χ1n) is 21.3. The molecule has 53 heavy (non-hydrogen) atoms. The predicted molar refractivity (Wildman–Crippen MR) is 210 cm³/mol. The van der Waals surface area contributed by atoms with Gasteiger partial charge < -0.3 is 23.7 Å². The Kier molecular flexibility index (Phi) is 15.3. The molecule has 12 atom stereocenters. The summed E-state index contributed by atoms with van der Waals surface area (Å²) in [6.07, 6.45) is 19.5. The Hall–Kier alpha value is -1.58. The van der Waals surface area contributed by atoms with Crippen LogP contribution < -0.4 is 0 Å². The highest BCUT2D eigenvalue weighted by atomic mass is 32.2. The van der Waals surface area contributed by atoms with Crippen LogP contribution in [0.25, 0.3) is 0 Å². The first-order valence-corrected chi connectivity index (χ1v) is 22.3. The van der Waals surface area contributed by atoms with Gasteiger partial charge in [0, 0.05) is 27.4 Å². The number of hydrogen-bond acceptors (Lipinski definition) is 9. The van der Waals surface area contributed by atoms with Crippen LogP contribution in [0, 0.1) is 46.3 Å². The van der Waals surface area contributed by atoms with E-state index in [1.54, 1.807) is 17.3 Å². The van der Waals surface area contributed by atoms with Gasteiger partial charge in [-0.05, 0) is 116 Å². The van der Waals surface area contributed by atoms with Crippen LogP contribution in [-0.2, 0) is 38.1 Å². The summed E-state index contributed by atoms with van der Waals surface area (Å²) in [5.41, 5.74) is 2.10. The molecule has 1 heterocycles. The number of rotatable bonds is 17. The summed E-state index contributed by atoms with van der Waals surface area (Å²) in [7, 11) is 0. The number of carbonyl (C=O) groups is 3. The van der Waals surface area contributed by atoms with Crippen LogP contribution in [0.5, 0.6) is 0 Å². The molecule has 302 valence electrons. The van der Waals surface area contributed by atoms with Crippen molar-refractivity contribution in [1.29, 1.82) is 0 Å². The number of thioether (sulfide) groups is 1. The van der Waals surface area contributed by atoms with E-state index in [2.05, 4.69) is 40.7 Å². The highest BCUT2D eigenvalue weighted by Crippen LogP contribution is 2.67. The molecule has 1 aliphatic heterocycles. The lowest BCUT2D eigenvalue weighted by molar-refractivity contribution is -0.213. The largest absolute Gasteiger partial charge is 0.456 e. The topological polar surface area (TPSA) is 97.4 Å². The molecule has 0 aromatic rings. The maximum atomic E-state index is 11.9. The number of esters is 3. The molecule has 4 aliphatic carbocycles. The number of carbonyl (C=O) groups excluding carboxylic acids is 3. The smallest absolute Gasteiger partial charge is 0.303 e. The molecule has 0 spiro atoms. The summed E-state index contributed by atoms with van der Waals surface area (Å²) in [6.45, 7) is 17.4. The van der Waals surface area contributed by atoms with Crippen molar-refractivity contribution in [2.75, 3.05) is 19.0 Å². The molecule has 0 bridgehead atoms. The van der Waals surface area contributed by atoms with Gasteiger partial charge >= 0.3 is 17.9 Å². The van der Waals surface area contributed by atoms with Gasteiger partial charge in [0.1, 0.15) is 5.44 Å². The molecule has 0 amide bonds. The van der Waals surface area contributed by atoms with Gasteiger partial charge in [0.2, 0.25) is 0 Å². The Labute approximate surface area is 325 Å². The Bertz CT molecular complexity index is 1270. The lowest BCUT2D eigenvalue weighted by Gasteiger charge is -2.58. The van der Waals surface area contributed by atoms with Gasteiger partial charge in [-0.25, -0.2) is 0 Å². The Morgan fingerprint density at radius 2 is 1.55 bits per heavy atom. The average molecular weight is 761 g/mol. The summed E-state index contributed by atoms with van der Waals surface area (Å²) in [5, 5.41) is 0. The normalized spacial score (nSPS) is 37.2. The van der Waals surface area contributed by atoms with Crippen LogP contribution in [-0.4, -0.2) is 66.7 Å². The van der Waals surface area contributed by atoms with Gasteiger partial charge in [-0.3, -0.25) is 14.4 Å². The van der Waals surface area contributed by atoms with E-state index in [9.17, 15) is 14.4 Å². The Morgan fingerprint density at radius 1 is 0.830 bits per heavy atom. The first-order chi connectivity index (χ1) is 25.2. The standard InChI is InChI=1S/C44H72O8S/c1-28(2)14-13-15-29(3)36-18-19-37-35-17-16-33-26-34(20-22-43(33,7)38(35)21-23-44(36,37)8)48-24-11-9-10-12-25-53-42-41(52-32(6)47)40(51-31(5)46)39(27-49-42)50-30(4)45/h16,28-29,34-42H,9-15,17-27H2,1-8H3/t29-,34+,35?,36-,37?,38?,39-,40+,41-,42+,43+,44-/m1/s1. The second kappa shape index (κ2) is 19.0. The van der Waals surface area contributed by atoms with Gasteiger partial charge in [-0.2, -0.15) is 0 Å². The van der Waals surface area contributed by atoms with Crippen LogP contribution >= 0.6 is 11.8 Å². The Morgan fingerprint density at radius 3 is 2.26 bits per heavy atom. The lowest BCUT2D eigenvalue weighted by atomic mass is 9.47. The molecule has 1 saturated heterocycles. The monoisotopic (exact) mass is 760 g/mol. The molecular formula is C44H72O8S. The summed E-state index contributed by atoms with van der Waals surface area (Å²) < 4.78 is 28.8. The third kappa shape index (κ3) is 10.4. The quantitative estimate of drug-likeness (QED) is 0.0621. The average Bonchev–Trinajstić information content (AvgIpc) is 3.44. The maximum Gasteiger partial charge on any atom is 0.303 e. The molecule has 0 N–H and O–H groups in total. The molecule has 0 radical (unpaired) electrons. The van der Waals surface area contributed by atoms with Crippen molar-refractivity contribution in [2.45, 2.75) is 182 Å². The summed E-state index contributed by atoms with van der Waals surface area (Å²) in [5.74, 6) is 4.48. The molecule has 3 unspecified atom stereocenters. The molecule has 5 rings (SSSR count). The zero-order chi connectivity index (χ0) is 38.3. The molecule has 0 aromatic carbocycles. The number of unbranched alkanes of at least 4 members (excludes halogenated alkanes) is 3. The lowest BCUT2D eigenvalue weighted by Crippen LogP contribution is -2.56. The molecular weight excluding hydrogens is 689 g/mol. The highest BCUT2D eigenvalue weighted by molar-refractivity contribution is 7.99. The zero-order valence-electron chi connectivity index (χ0n) is 34.3. The Balaban J connectivity index is 1.02. The summed E-state index contributed by atoms with van der Waals surface area (Å²) >= 11 is 1.54. The first kappa shape index (κ1) is 42.6. The number of hydrogen-bond donors (Lipinski definition) is 0. The van der Waals surface area contributed by atoms with Crippen LogP contribution in [0.2, 0.25) is 0 Å². The number of allylic oxidation sites excluding steroid dienone is 1. The minimum atomic E-state index is -0.913. The van der Waals surface area contributed by atoms with Gasteiger partial charge in [0.25, 0.3) is 0 Å². The molecule has 9 heteroatoms. The van der Waals surface area contributed by atoms with Crippen molar-refractivity contribution in [3.63, 3.8) is 0 Å². The van der Waals surface area contributed by atoms with Crippen molar-refractivity contribution in [3.05, 3.63) is 11.6 Å². The van der Waals surface area contributed by atoms with E-state index in [0.717, 1.165) is 80.0 Å². The van der Waals surface area contributed by atoms with Crippen molar-refractivity contribution < 1.29 is 38.1 Å². The van der Waals surface area contributed by atoms with Crippen molar-refractivity contribution in [1.82, 2.24) is 0 Å². The fraction of sp³-hybridized carbons (Fsp3) is 0.886. The van der Waals surface area contributed by atoms with Crippen LogP contribution in [0.15, 0.2) is 11.6 Å². The molecule has 3 saturated carbocycles. The predicted octanol–water partition coefficient (Wildman–Crippen LogP) is 9.86. The minimum Gasteiger partial charge on any atom is -0.456 e. The SMILES string of the molecule is CC(=O)O[C@@H]1[C@@H](OC(C)=O)[C@H](SCCCCCCO[C@H]2CC[C@@]3(C)C(=CCC4C3CC[C@@]3(C)C4CC[C@@H]3[C@H](C)CCCC(C)C)C2)OC[C@H]1OC(C)=O. The van der Waals surface area contributed by atoms with E-state index in [-0.39, 0.29) is 6.61 Å². The summed E-state index contributed by atoms with van der Waals surface area (Å²) in [6, 6.07) is 0. The zero-order valence-corrected chi connectivity index (χ0v) is 35.1. The van der Waals surface area contributed by atoms with E-state index in [1.165, 1.54) is 85.0 Å². The summed E-state index contributed by atoms with van der Waals surface area (Å²) in [4.78, 5) is 35.4. The number of fused-ring (bicyclic) bond motifs is 5. The van der Waals surface area contributed by atoms with Crippen LogP contribution in [0.3, 0.4) is 0 Å². The second-order valence-corrected chi connectivity index (χ2v) is 19.5. The van der Waals surface area contributed by atoms with E-state index in [4.69, 9.17) is 23.7 Å². The highest BCUT2D eigenvalue weighted by Gasteiger charge is 2.59. The van der Waals surface area contributed by atoms with Gasteiger partial charge in [0.05, 0.1) is 12.7 Å². The van der Waals surface area contributed by atoms with E-state index in [1.807, 2.05) is 0 Å². The van der Waals surface area contributed by atoms with Gasteiger partial charge in [-0.1, -0.05) is 78.4 Å². The van der Waals surface area contributed by atoms with Crippen molar-refractivity contribution in [3.8, 4) is 0 Å². The van der Waals surface area contributed by atoms with Gasteiger partial charge in [-0.15, -0.1) is 11.8 Å². The maximum absolute atomic E-state index is 11.9. The second-order valence-electron chi connectivity index (χ2n) is 18.3. The van der Waals surface area contributed by atoms with Gasteiger partial charge in [0.15, 0.2) is 18.3 Å².